The molecule has 2 rings (SSSR count). The lowest BCUT2D eigenvalue weighted by Crippen LogP contribution is -2.53. The predicted octanol–water partition coefficient (Wildman–Crippen LogP) is -0.345. The second-order valence-electron chi connectivity index (χ2n) is 5.05. The van der Waals surface area contributed by atoms with Crippen LogP contribution in [0.3, 0.4) is 0 Å². The fraction of sp³-hybridized carbons (Fsp3) is 0.833. The zero-order valence-electron chi connectivity index (χ0n) is 10.8. The monoisotopic (exact) mass is 256 g/mol. The number of ether oxygens (including phenoxy) is 2. The van der Waals surface area contributed by atoms with Crippen molar-refractivity contribution in [2.75, 3.05) is 13.7 Å². The van der Waals surface area contributed by atoms with Crippen LogP contribution in [0.2, 0.25) is 0 Å². The van der Waals surface area contributed by atoms with E-state index in [2.05, 4.69) is 11.8 Å². The Morgan fingerprint density at radius 1 is 1.44 bits per heavy atom. The van der Waals surface area contributed by atoms with Crippen molar-refractivity contribution in [1.82, 2.24) is 4.90 Å². The number of methoxy groups -OCH3 is 1. The molecule has 2 fully saturated rings. The van der Waals surface area contributed by atoms with Crippen molar-refractivity contribution >= 4 is 11.9 Å². The lowest BCUT2D eigenvalue weighted by molar-refractivity contribution is -0.153. The third-order valence-electron chi connectivity index (χ3n) is 3.89. The number of primary amides is 1. The Bertz CT molecular complexity index is 347. The Hall–Kier alpha value is -1.14. The van der Waals surface area contributed by atoms with Gasteiger partial charge in [0.05, 0.1) is 19.8 Å². The topological polar surface area (TPSA) is 81.9 Å². The standard InChI is InChI=1S/C12H20N2O4/c1-7-3-4-9-8(14(7)6-11(13)15)5-10(18-9)12(16)17-2/h7-10H,3-6H2,1-2H3,(H2,13,15)/t7-,8+,9+,10-/m0/s1. The highest BCUT2D eigenvalue weighted by molar-refractivity contribution is 5.76. The number of piperidine rings is 1. The first-order valence-corrected chi connectivity index (χ1v) is 6.30. The third-order valence-corrected chi connectivity index (χ3v) is 3.89. The molecule has 4 atom stereocenters. The van der Waals surface area contributed by atoms with Gasteiger partial charge in [-0.15, -0.1) is 0 Å². The molecule has 0 saturated carbocycles. The first-order chi connectivity index (χ1) is 8.52. The molecule has 2 saturated heterocycles. The van der Waals surface area contributed by atoms with Crippen LogP contribution in [-0.4, -0.2) is 54.7 Å². The molecule has 2 heterocycles. The molecule has 0 aromatic carbocycles. The van der Waals surface area contributed by atoms with Crippen molar-refractivity contribution in [2.45, 2.75) is 50.5 Å². The highest BCUT2D eigenvalue weighted by atomic mass is 16.6. The number of fused-ring (bicyclic) bond motifs is 1. The molecule has 0 aromatic heterocycles. The maximum absolute atomic E-state index is 11.5. The number of carbonyl (C=O) groups is 2. The maximum Gasteiger partial charge on any atom is 0.335 e. The summed E-state index contributed by atoms with van der Waals surface area (Å²) in [4.78, 5) is 24.7. The molecule has 6 heteroatoms. The fourth-order valence-electron chi connectivity index (χ4n) is 2.97. The van der Waals surface area contributed by atoms with Crippen molar-refractivity contribution in [1.29, 1.82) is 0 Å². The number of nitrogens with two attached hydrogens (primary N) is 1. The zero-order chi connectivity index (χ0) is 13.3. The second kappa shape index (κ2) is 5.24. The van der Waals surface area contributed by atoms with E-state index in [-0.39, 0.29) is 30.6 Å². The zero-order valence-corrected chi connectivity index (χ0v) is 10.8. The first kappa shape index (κ1) is 13.3. The van der Waals surface area contributed by atoms with Crippen molar-refractivity contribution in [3.63, 3.8) is 0 Å². The molecule has 6 nitrogen and oxygen atoms in total. The van der Waals surface area contributed by atoms with Gasteiger partial charge in [0, 0.05) is 18.5 Å². The van der Waals surface area contributed by atoms with Crippen LogP contribution in [0.4, 0.5) is 0 Å². The number of likely N-dealkylation sites (tertiary alicyclic amines) is 1. The molecule has 18 heavy (non-hydrogen) atoms. The number of esters is 1. The summed E-state index contributed by atoms with van der Waals surface area (Å²) in [5.74, 6) is -0.680. The van der Waals surface area contributed by atoms with E-state index in [0.717, 1.165) is 12.8 Å². The van der Waals surface area contributed by atoms with E-state index in [1.54, 1.807) is 0 Å². The van der Waals surface area contributed by atoms with Crippen LogP contribution in [0, 0.1) is 0 Å². The fourth-order valence-corrected chi connectivity index (χ4v) is 2.97. The largest absolute Gasteiger partial charge is 0.467 e. The molecule has 0 radical (unpaired) electrons. The summed E-state index contributed by atoms with van der Waals surface area (Å²) in [5, 5.41) is 0. The van der Waals surface area contributed by atoms with Crippen LogP contribution >= 0.6 is 0 Å². The minimum Gasteiger partial charge on any atom is -0.467 e. The molecule has 1 amide bonds. The predicted molar refractivity (Wildman–Crippen MR) is 63.7 cm³/mol. The number of amides is 1. The minimum atomic E-state index is -0.509. The summed E-state index contributed by atoms with van der Waals surface area (Å²) in [5.41, 5.74) is 5.28. The average Bonchev–Trinajstić information content (AvgIpc) is 2.75. The smallest absolute Gasteiger partial charge is 0.335 e. The summed E-state index contributed by atoms with van der Waals surface area (Å²) < 4.78 is 10.4. The van der Waals surface area contributed by atoms with Crippen LogP contribution in [0.5, 0.6) is 0 Å². The van der Waals surface area contributed by atoms with Gasteiger partial charge in [-0.05, 0) is 19.8 Å². The van der Waals surface area contributed by atoms with Gasteiger partial charge in [0.15, 0.2) is 6.10 Å². The second-order valence-corrected chi connectivity index (χ2v) is 5.05. The van der Waals surface area contributed by atoms with Gasteiger partial charge in [-0.2, -0.15) is 0 Å². The highest BCUT2D eigenvalue weighted by Crippen LogP contribution is 2.34. The summed E-state index contributed by atoms with van der Waals surface area (Å²) in [6.45, 7) is 2.30. The van der Waals surface area contributed by atoms with E-state index in [1.165, 1.54) is 7.11 Å². The van der Waals surface area contributed by atoms with Gasteiger partial charge >= 0.3 is 5.97 Å². The lowest BCUT2D eigenvalue weighted by atomic mass is 9.92. The van der Waals surface area contributed by atoms with Gasteiger partial charge in [0.1, 0.15) is 0 Å². The van der Waals surface area contributed by atoms with Crippen molar-refractivity contribution in [3.8, 4) is 0 Å². The van der Waals surface area contributed by atoms with Gasteiger partial charge in [-0.1, -0.05) is 0 Å². The van der Waals surface area contributed by atoms with Crippen LogP contribution < -0.4 is 5.73 Å². The van der Waals surface area contributed by atoms with Crippen molar-refractivity contribution < 1.29 is 19.1 Å². The number of carbonyl (C=O) groups excluding carboxylic acids is 2. The first-order valence-electron chi connectivity index (χ1n) is 6.30. The van der Waals surface area contributed by atoms with Gasteiger partial charge in [0.25, 0.3) is 0 Å². The number of nitrogens with zero attached hydrogens (tertiary/aromatic N) is 1. The Labute approximate surface area is 106 Å². The van der Waals surface area contributed by atoms with E-state index in [9.17, 15) is 9.59 Å². The molecule has 2 aliphatic rings. The molecular formula is C12H20N2O4. The molecule has 0 unspecified atom stereocenters. The number of hydrogen-bond acceptors (Lipinski definition) is 5. The van der Waals surface area contributed by atoms with E-state index in [4.69, 9.17) is 15.2 Å². The Kier molecular flexibility index (Phi) is 3.87. The number of rotatable bonds is 3. The molecule has 2 N–H and O–H groups in total. The molecular weight excluding hydrogens is 236 g/mol. The summed E-state index contributed by atoms with van der Waals surface area (Å²) in [6.07, 6.45) is 1.93. The molecule has 0 aromatic rings. The summed E-state index contributed by atoms with van der Waals surface area (Å²) in [7, 11) is 1.36. The van der Waals surface area contributed by atoms with Crippen molar-refractivity contribution in [3.05, 3.63) is 0 Å². The van der Waals surface area contributed by atoms with E-state index < -0.39 is 6.10 Å². The molecule has 102 valence electrons. The third kappa shape index (κ3) is 2.49. The van der Waals surface area contributed by atoms with Crippen LogP contribution in [0.25, 0.3) is 0 Å². The maximum atomic E-state index is 11.5. The van der Waals surface area contributed by atoms with E-state index in [1.807, 2.05) is 0 Å². The Morgan fingerprint density at radius 3 is 2.78 bits per heavy atom. The van der Waals surface area contributed by atoms with Crippen LogP contribution in [0.15, 0.2) is 0 Å². The molecule has 2 aliphatic heterocycles. The summed E-state index contributed by atoms with van der Waals surface area (Å²) in [6, 6.07) is 0.379. The van der Waals surface area contributed by atoms with Gasteiger partial charge in [0.2, 0.25) is 5.91 Å². The average molecular weight is 256 g/mol. The Balaban J connectivity index is 2.08. The number of hydrogen-bond donors (Lipinski definition) is 1. The quantitative estimate of drug-likeness (QED) is 0.698. The van der Waals surface area contributed by atoms with Gasteiger partial charge < -0.3 is 15.2 Å². The van der Waals surface area contributed by atoms with Gasteiger partial charge in [-0.3, -0.25) is 9.69 Å². The summed E-state index contributed by atoms with van der Waals surface area (Å²) >= 11 is 0. The minimum absolute atomic E-state index is 0.00431. The van der Waals surface area contributed by atoms with Crippen LogP contribution in [-0.2, 0) is 19.1 Å². The highest BCUT2D eigenvalue weighted by Gasteiger charge is 2.46. The van der Waals surface area contributed by atoms with Gasteiger partial charge in [-0.25, -0.2) is 4.79 Å². The van der Waals surface area contributed by atoms with E-state index in [0.29, 0.717) is 12.5 Å². The SMILES string of the molecule is COC(=O)[C@@H]1C[C@@H]2[C@@H](CC[C@H](C)N2CC(N)=O)O1. The molecule has 0 bridgehead atoms. The van der Waals surface area contributed by atoms with E-state index >= 15 is 0 Å². The van der Waals surface area contributed by atoms with Crippen molar-refractivity contribution in [2.24, 2.45) is 5.73 Å². The molecule has 0 spiro atoms. The Morgan fingerprint density at radius 2 is 2.17 bits per heavy atom. The lowest BCUT2D eigenvalue weighted by Gasteiger charge is -2.40. The normalized spacial score (nSPS) is 36.1. The van der Waals surface area contributed by atoms with Crippen LogP contribution in [0.1, 0.15) is 26.2 Å². The molecule has 0 aliphatic carbocycles.